The van der Waals surface area contributed by atoms with Crippen molar-refractivity contribution in [2.45, 2.75) is 26.1 Å². The summed E-state index contributed by atoms with van der Waals surface area (Å²) in [5.41, 5.74) is 2.64. The molecule has 0 radical (unpaired) electrons. The fraction of sp³-hybridized carbons (Fsp3) is 0.174. The first kappa shape index (κ1) is 21.0. The first-order valence-electron chi connectivity index (χ1n) is 10.2. The van der Waals surface area contributed by atoms with Crippen LogP contribution >= 0.6 is 0 Å². The van der Waals surface area contributed by atoms with Gasteiger partial charge in [0.05, 0.1) is 17.4 Å². The highest BCUT2D eigenvalue weighted by Crippen LogP contribution is 2.15. The number of amides is 2. The van der Waals surface area contributed by atoms with Gasteiger partial charge in [-0.1, -0.05) is 36.4 Å². The van der Waals surface area contributed by atoms with Crippen LogP contribution in [0.5, 0.6) is 5.75 Å². The Kier molecular flexibility index (Phi) is 6.66. The van der Waals surface area contributed by atoms with E-state index in [1.807, 2.05) is 79.7 Å². The van der Waals surface area contributed by atoms with Crippen LogP contribution in [0.2, 0.25) is 0 Å². The third-order valence-electron chi connectivity index (χ3n) is 4.72. The third kappa shape index (κ3) is 5.45. The molecule has 9 heteroatoms. The zero-order chi connectivity index (χ0) is 22.2. The van der Waals surface area contributed by atoms with Gasteiger partial charge in [-0.2, -0.15) is 4.68 Å². The number of rotatable bonds is 8. The fourth-order valence-corrected chi connectivity index (χ4v) is 3.06. The fourth-order valence-electron chi connectivity index (χ4n) is 3.06. The van der Waals surface area contributed by atoms with Crippen molar-refractivity contribution in [3.05, 3.63) is 96.1 Å². The van der Waals surface area contributed by atoms with E-state index in [9.17, 15) is 4.79 Å². The summed E-state index contributed by atoms with van der Waals surface area (Å²) in [4.78, 5) is 16.6. The Bertz CT molecular complexity index is 1130. The van der Waals surface area contributed by atoms with Crippen molar-refractivity contribution in [1.29, 1.82) is 0 Å². The maximum atomic E-state index is 12.4. The smallest absolute Gasteiger partial charge is 0.315 e. The van der Waals surface area contributed by atoms with E-state index in [4.69, 9.17) is 4.74 Å². The Labute approximate surface area is 185 Å². The third-order valence-corrected chi connectivity index (χ3v) is 4.72. The van der Waals surface area contributed by atoms with E-state index >= 15 is 0 Å². The van der Waals surface area contributed by atoms with Crippen molar-refractivity contribution in [3.8, 4) is 11.4 Å². The quantitative estimate of drug-likeness (QED) is 0.445. The zero-order valence-electron chi connectivity index (χ0n) is 17.5. The van der Waals surface area contributed by atoms with Crippen molar-refractivity contribution in [3.63, 3.8) is 0 Å². The van der Waals surface area contributed by atoms with Crippen molar-refractivity contribution in [2.24, 2.45) is 0 Å². The molecule has 2 aromatic heterocycles. The number of hydrogen-bond acceptors (Lipinski definition) is 6. The molecule has 2 N–H and O–H groups in total. The number of tetrazole rings is 1. The summed E-state index contributed by atoms with van der Waals surface area (Å²) in [7, 11) is 0. The van der Waals surface area contributed by atoms with Gasteiger partial charge in [0.25, 0.3) is 0 Å². The number of pyridine rings is 1. The van der Waals surface area contributed by atoms with E-state index in [0.717, 1.165) is 22.7 Å². The van der Waals surface area contributed by atoms with Crippen LogP contribution in [0.4, 0.5) is 4.79 Å². The number of benzene rings is 2. The van der Waals surface area contributed by atoms with Crippen molar-refractivity contribution in [2.75, 3.05) is 0 Å². The Morgan fingerprint density at radius 2 is 1.81 bits per heavy atom. The van der Waals surface area contributed by atoms with E-state index < -0.39 is 0 Å². The summed E-state index contributed by atoms with van der Waals surface area (Å²) in [6.45, 7) is 2.61. The largest absolute Gasteiger partial charge is 0.487 e. The molecule has 2 aromatic carbocycles. The average Bonchev–Trinajstić information content (AvgIpc) is 3.34. The Morgan fingerprint density at radius 1 is 1.03 bits per heavy atom. The number of hydrogen-bond donors (Lipinski definition) is 2. The first-order valence-corrected chi connectivity index (χ1v) is 10.2. The molecule has 0 fully saturated rings. The van der Waals surface area contributed by atoms with Crippen LogP contribution in [0.3, 0.4) is 0 Å². The number of para-hydroxylation sites is 1. The lowest BCUT2D eigenvalue weighted by atomic mass is 10.2. The van der Waals surface area contributed by atoms with E-state index in [2.05, 4.69) is 31.1 Å². The molecule has 162 valence electrons. The van der Waals surface area contributed by atoms with Crippen LogP contribution in [-0.4, -0.2) is 31.2 Å². The molecule has 0 spiro atoms. The number of carbonyl (C=O) groups excluding carboxylic acids is 1. The van der Waals surface area contributed by atoms with Crippen LogP contribution in [0.15, 0.2) is 79.0 Å². The molecule has 0 bridgehead atoms. The zero-order valence-corrected chi connectivity index (χ0v) is 17.5. The molecule has 0 aliphatic rings. The SMILES string of the molecule is CC(NC(=O)NCc1ccc(OCc2ccccn2)cc1)c1nnnn1-c1ccccc1. The monoisotopic (exact) mass is 429 g/mol. The van der Waals surface area contributed by atoms with Gasteiger partial charge >= 0.3 is 6.03 Å². The number of urea groups is 1. The molecule has 0 saturated heterocycles. The average molecular weight is 429 g/mol. The lowest BCUT2D eigenvalue weighted by molar-refractivity contribution is 0.237. The van der Waals surface area contributed by atoms with E-state index in [1.54, 1.807) is 10.9 Å². The number of nitrogens with one attached hydrogen (secondary N) is 2. The summed E-state index contributed by atoms with van der Waals surface area (Å²) in [6.07, 6.45) is 1.74. The second-order valence-electron chi connectivity index (χ2n) is 7.09. The molecule has 32 heavy (non-hydrogen) atoms. The molecular formula is C23H23N7O2. The highest BCUT2D eigenvalue weighted by Gasteiger charge is 2.17. The number of ether oxygens (including phenoxy) is 1. The van der Waals surface area contributed by atoms with Gasteiger partial charge < -0.3 is 15.4 Å². The standard InChI is InChI=1S/C23H23N7O2/c1-17(22-27-28-29-30(22)20-8-3-2-4-9-20)26-23(31)25-15-18-10-12-21(13-11-18)32-16-19-7-5-6-14-24-19/h2-14,17H,15-16H2,1H3,(H2,25,26,31). The molecular weight excluding hydrogens is 406 g/mol. The number of nitrogens with zero attached hydrogens (tertiary/aromatic N) is 5. The normalized spacial score (nSPS) is 11.5. The van der Waals surface area contributed by atoms with Crippen LogP contribution in [0.25, 0.3) is 5.69 Å². The summed E-state index contributed by atoms with van der Waals surface area (Å²) in [5.74, 6) is 1.28. The summed E-state index contributed by atoms with van der Waals surface area (Å²) < 4.78 is 7.34. The van der Waals surface area contributed by atoms with Gasteiger partial charge in [-0.05, 0) is 59.3 Å². The Hall–Kier alpha value is -4.27. The molecule has 2 heterocycles. The lowest BCUT2D eigenvalue weighted by Crippen LogP contribution is -2.37. The van der Waals surface area contributed by atoms with Crippen molar-refractivity contribution < 1.29 is 9.53 Å². The van der Waals surface area contributed by atoms with Gasteiger partial charge in [-0.15, -0.1) is 5.10 Å². The highest BCUT2D eigenvalue weighted by atomic mass is 16.5. The Morgan fingerprint density at radius 3 is 2.56 bits per heavy atom. The summed E-state index contributed by atoms with van der Waals surface area (Å²) >= 11 is 0. The van der Waals surface area contributed by atoms with Gasteiger partial charge in [0.2, 0.25) is 0 Å². The Balaban J connectivity index is 1.27. The van der Waals surface area contributed by atoms with E-state index in [-0.39, 0.29) is 12.1 Å². The van der Waals surface area contributed by atoms with Gasteiger partial charge in [0, 0.05) is 12.7 Å². The predicted octanol–water partition coefficient (Wildman–Crippen LogP) is 3.20. The van der Waals surface area contributed by atoms with Crippen LogP contribution in [-0.2, 0) is 13.2 Å². The minimum Gasteiger partial charge on any atom is -0.487 e. The molecule has 1 atom stereocenters. The molecule has 1 unspecified atom stereocenters. The first-order chi connectivity index (χ1) is 15.7. The molecule has 2 amide bonds. The van der Waals surface area contributed by atoms with Crippen LogP contribution in [0, 0.1) is 0 Å². The lowest BCUT2D eigenvalue weighted by Gasteiger charge is -2.14. The van der Waals surface area contributed by atoms with Crippen molar-refractivity contribution >= 4 is 6.03 Å². The summed E-state index contributed by atoms with van der Waals surface area (Å²) in [6, 6.07) is 22.1. The molecule has 0 saturated carbocycles. The topological polar surface area (TPSA) is 107 Å². The maximum absolute atomic E-state index is 12.4. The molecule has 9 nitrogen and oxygen atoms in total. The van der Waals surface area contributed by atoms with E-state index in [1.165, 1.54) is 0 Å². The number of aromatic nitrogens is 5. The van der Waals surface area contributed by atoms with Crippen molar-refractivity contribution in [1.82, 2.24) is 35.8 Å². The molecule has 4 rings (SSSR count). The van der Waals surface area contributed by atoms with Gasteiger partial charge in [-0.25, -0.2) is 4.79 Å². The van der Waals surface area contributed by atoms with E-state index in [0.29, 0.717) is 19.0 Å². The van der Waals surface area contributed by atoms with Crippen LogP contribution < -0.4 is 15.4 Å². The molecule has 0 aliphatic carbocycles. The number of carbonyl (C=O) groups is 1. The predicted molar refractivity (Wildman–Crippen MR) is 118 cm³/mol. The second-order valence-corrected chi connectivity index (χ2v) is 7.09. The van der Waals surface area contributed by atoms with Gasteiger partial charge in [0.1, 0.15) is 12.4 Å². The second kappa shape index (κ2) is 10.2. The van der Waals surface area contributed by atoms with Gasteiger partial charge in [-0.3, -0.25) is 4.98 Å². The highest BCUT2D eigenvalue weighted by molar-refractivity contribution is 5.74. The minimum atomic E-state index is -0.382. The molecule has 4 aromatic rings. The van der Waals surface area contributed by atoms with Gasteiger partial charge in [0.15, 0.2) is 5.82 Å². The molecule has 0 aliphatic heterocycles. The maximum Gasteiger partial charge on any atom is 0.315 e. The summed E-state index contributed by atoms with van der Waals surface area (Å²) in [5, 5.41) is 17.5. The minimum absolute atomic E-state index is 0.310. The van der Waals surface area contributed by atoms with Crippen LogP contribution in [0.1, 0.15) is 30.0 Å².